The molecule has 4 rings (SSSR count). The van der Waals surface area contributed by atoms with Crippen LogP contribution in [0.2, 0.25) is 4.47 Å². The Kier molecular flexibility index (Phi) is 4.46. The zero-order chi connectivity index (χ0) is 18.5. The van der Waals surface area contributed by atoms with E-state index in [1.807, 2.05) is 0 Å². The minimum Gasteiger partial charge on any atom is -0.232 e. The highest BCUT2D eigenvalue weighted by Gasteiger charge is 2.32. The van der Waals surface area contributed by atoms with Gasteiger partial charge in [-0.05, 0) is 36.8 Å². The molecule has 4 heterocycles. The van der Waals surface area contributed by atoms with Gasteiger partial charge in [-0.15, -0.1) is 0 Å². The molecule has 0 spiro atoms. The van der Waals surface area contributed by atoms with Gasteiger partial charge in [-0.25, -0.2) is 27.3 Å². The van der Waals surface area contributed by atoms with Crippen LogP contribution in [0, 0.1) is 12.7 Å². The molecule has 1 fully saturated rings. The van der Waals surface area contributed by atoms with Crippen molar-refractivity contribution in [1.82, 2.24) is 23.9 Å². The number of thiazole rings is 1. The molecule has 1 aliphatic heterocycles. The van der Waals surface area contributed by atoms with Crippen molar-refractivity contribution in [3.63, 3.8) is 0 Å². The lowest BCUT2D eigenvalue weighted by Gasteiger charge is -2.31. The Morgan fingerprint density at radius 3 is 2.69 bits per heavy atom. The van der Waals surface area contributed by atoms with Gasteiger partial charge in [0, 0.05) is 19.3 Å². The van der Waals surface area contributed by atoms with Gasteiger partial charge in [-0.2, -0.15) is 9.40 Å². The predicted molar refractivity (Wildman–Crippen MR) is 95.5 cm³/mol. The summed E-state index contributed by atoms with van der Waals surface area (Å²) in [4.78, 5) is 7.73. The Hall–Kier alpha value is -1.62. The number of fused-ring (bicyclic) bond motifs is 1. The summed E-state index contributed by atoms with van der Waals surface area (Å²) in [5.41, 5.74) is 1.59. The van der Waals surface area contributed by atoms with Crippen LogP contribution in [0.4, 0.5) is 4.39 Å². The van der Waals surface area contributed by atoms with Crippen molar-refractivity contribution in [2.45, 2.75) is 29.9 Å². The number of nitrogens with zero attached hydrogens (tertiary/aromatic N) is 5. The standard InChI is InChI=1S/C15H15ClFN5O2S2/c1-9-11(7-22-14(13(9)17)19-8-20-22)10-2-4-21(5-3-10)26(23,24)12-6-18-15(16)25-12/h6-8,10H,2-5H2,1H3. The van der Waals surface area contributed by atoms with Crippen LogP contribution in [0.3, 0.4) is 0 Å². The molecule has 3 aromatic rings. The Morgan fingerprint density at radius 1 is 1.31 bits per heavy atom. The monoisotopic (exact) mass is 415 g/mol. The normalized spacial score (nSPS) is 17.2. The first kappa shape index (κ1) is 17.8. The number of sulfonamides is 1. The molecule has 1 saturated heterocycles. The van der Waals surface area contributed by atoms with Gasteiger partial charge in [0.2, 0.25) is 0 Å². The first-order chi connectivity index (χ1) is 12.4. The lowest BCUT2D eigenvalue weighted by atomic mass is 9.88. The lowest BCUT2D eigenvalue weighted by molar-refractivity contribution is 0.318. The van der Waals surface area contributed by atoms with E-state index in [2.05, 4.69) is 15.1 Å². The summed E-state index contributed by atoms with van der Waals surface area (Å²) in [5, 5.41) is 4.01. The summed E-state index contributed by atoms with van der Waals surface area (Å²) >= 11 is 6.70. The van der Waals surface area contributed by atoms with E-state index in [9.17, 15) is 12.8 Å². The number of rotatable bonds is 3. The first-order valence-corrected chi connectivity index (χ1v) is 10.6. The van der Waals surface area contributed by atoms with E-state index in [1.165, 1.54) is 21.3 Å². The largest absolute Gasteiger partial charge is 0.254 e. The second-order valence-electron chi connectivity index (χ2n) is 6.16. The summed E-state index contributed by atoms with van der Waals surface area (Å²) in [6, 6.07) is 0. The van der Waals surface area contributed by atoms with E-state index < -0.39 is 10.0 Å². The molecule has 0 aliphatic carbocycles. The third kappa shape index (κ3) is 2.90. The minimum absolute atomic E-state index is 0.0644. The highest BCUT2D eigenvalue weighted by atomic mass is 35.5. The topological polar surface area (TPSA) is 80.5 Å². The molecule has 0 radical (unpaired) electrons. The van der Waals surface area contributed by atoms with Gasteiger partial charge in [-0.3, -0.25) is 0 Å². The zero-order valence-corrected chi connectivity index (χ0v) is 16.2. The Balaban J connectivity index is 1.56. The summed E-state index contributed by atoms with van der Waals surface area (Å²) in [5.74, 6) is -0.316. The molecule has 11 heteroatoms. The molecule has 0 aromatic carbocycles. The van der Waals surface area contributed by atoms with Crippen LogP contribution >= 0.6 is 22.9 Å². The summed E-state index contributed by atoms with van der Waals surface area (Å²) < 4.78 is 43.0. The first-order valence-electron chi connectivity index (χ1n) is 7.97. The number of hydrogen-bond donors (Lipinski definition) is 0. The van der Waals surface area contributed by atoms with E-state index in [0.717, 1.165) is 16.9 Å². The lowest BCUT2D eigenvalue weighted by Crippen LogP contribution is -2.37. The molecule has 0 atom stereocenters. The van der Waals surface area contributed by atoms with Crippen molar-refractivity contribution in [2.24, 2.45) is 0 Å². The van der Waals surface area contributed by atoms with Gasteiger partial charge in [0.1, 0.15) is 6.33 Å². The number of halogens is 2. The summed E-state index contributed by atoms with van der Waals surface area (Å²) in [7, 11) is -3.59. The molecule has 26 heavy (non-hydrogen) atoms. The summed E-state index contributed by atoms with van der Waals surface area (Å²) in [6.45, 7) is 2.44. The van der Waals surface area contributed by atoms with Crippen LogP contribution in [0.25, 0.3) is 5.65 Å². The van der Waals surface area contributed by atoms with Crippen molar-refractivity contribution in [3.8, 4) is 0 Å². The molecule has 0 N–H and O–H groups in total. The van der Waals surface area contributed by atoms with Crippen molar-refractivity contribution in [2.75, 3.05) is 13.1 Å². The summed E-state index contributed by atoms with van der Waals surface area (Å²) in [6.07, 6.45) is 5.60. The molecule has 0 bridgehead atoms. The van der Waals surface area contributed by atoms with Crippen LogP contribution in [-0.4, -0.2) is 45.4 Å². The van der Waals surface area contributed by atoms with E-state index in [1.54, 1.807) is 13.1 Å². The third-order valence-corrected chi connectivity index (χ3v) is 8.19. The maximum absolute atomic E-state index is 14.5. The molecule has 3 aromatic heterocycles. The smallest absolute Gasteiger partial charge is 0.232 e. The molecular formula is C15H15ClFN5O2S2. The number of piperidine rings is 1. The number of hydrogen-bond acceptors (Lipinski definition) is 6. The quantitative estimate of drug-likeness (QED) is 0.657. The second kappa shape index (κ2) is 6.52. The molecule has 1 aliphatic rings. The van der Waals surface area contributed by atoms with Gasteiger partial charge in [0.15, 0.2) is 20.1 Å². The Labute approximate surface area is 158 Å². The van der Waals surface area contributed by atoms with E-state index in [-0.39, 0.29) is 26.1 Å². The highest BCUT2D eigenvalue weighted by molar-refractivity contribution is 7.91. The highest BCUT2D eigenvalue weighted by Crippen LogP contribution is 2.34. The molecule has 0 saturated carbocycles. The maximum atomic E-state index is 14.5. The van der Waals surface area contributed by atoms with E-state index in [4.69, 9.17) is 11.6 Å². The molecule has 138 valence electrons. The maximum Gasteiger partial charge on any atom is 0.254 e. The van der Waals surface area contributed by atoms with Gasteiger partial charge in [0.05, 0.1) is 6.20 Å². The Bertz CT molecular complexity index is 1070. The third-order valence-electron chi connectivity index (χ3n) is 4.74. The van der Waals surface area contributed by atoms with Crippen molar-refractivity contribution >= 4 is 38.6 Å². The van der Waals surface area contributed by atoms with Crippen LogP contribution in [-0.2, 0) is 10.0 Å². The van der Waals surface area contributed by atoms with Gasteiger partial charge >= 0.3 is 0 Å². The molecular weight excluding hydrogens is 401 g/mol. The van der Waals surface area contributed by atoms with Crippen LogP contribution in [0.15, 0.2) is 22.9 Å². The van der Waals surface area contributed by atoms with Crippen molar-refractivity contribution < 1.29 is 12.8 Å². The predicted octanol–water partition coefficient (Wildman–Crippen LogP) is 2.86. The van der Waals surface area contributed by atoms with Crippen LogP contribution in [0.5, 0.6) is 0 Å². The van der Waals surface area contributed by atoms with Gasteiger partial charge in [0.25, 0.3) is 10.0 Å². The molecule has 0 unspecified atom stereocenters. The molecule has 7 nitrogen and oxygen atoms in total. The van der Waals surface area contributed by atoms with E-state index in [0.29, 0.717) is 31.5 Å². The van der Waals surface area contributed by atoms with Crippen molar-refractivity contribution in [3.05, 3.63) is 40.1 Å². The number of pyridine rings is 1. The fourth-order valence-electron chi connectivity index (χ4n) is 3.33. The Morgan fingerprint density at radius 2 is 2.04 bits per heavy atom. The van der Waals surface area contributed by atoms with Crippen LogP contribution < -0.4 is 0 Å². The fraction of sp³-hybridized carbons (Fsp3) is 0.400. The average Bonchev–Trinajstić information content (AvgIpc) is 3.27. The average molecular weight is 416 g/mol. The van der Waals surface area contributed by atoms with Gasteiger partial charge in [-0.1, -0.05) is 22.9 Å². The van der Waals surface area contributed by atoms with Gasteiger partial charge < -0.3 is 0 Å². The van der Waals surface area contributed by atoms with Crippen LogP contribution in [0.1, 0.15) is 29.9 Å². The number of aromatic nitrogens is 4. The molecule has 0 amide bonds. The van der Waals surface area contributed by atoms with Crippen molar-refractivity contribution in [1.29, 1.82) is 0 Å². The minimum atomic E-state index is -3.59. The fourth-order valence-corrected chi connectivity index (χ4v) is 6.25. The SMILES string of the molecule is Cc1c(C2CCN(S(=O)(=O)c3cnc(Cl)s3)CC2)cn2ncnc2c1F. The second-order valence-corrected chi connectivity index (χ2v) is 9.94. The zero-order valence-electron chi connectivity index (χ0n) is 13.8. The van der Waals surface area contributed by atoms with E-state index >= 15 is 0 Å².